The van der Waals surface area contributed by atoms with E-state index >= 15 is 0 Å². The van der Waals surface area contributed by atoms with Crippen LogP contribution in [0.25, 0.3) is 0 Å². The molecule has 120 valence electrons. The molecule has 3 nitrogen and oxygen atoms in total. The second kappa shape index (κ2) is 7.23. The van der Waals surface area contributed by atoms with E-state index in [4.69, 9.17) is 11.6 Å². The van der Waals surface area contributed by atoms with E-state index in [0.29, 0.717) is 22.8 Å². The number of pyridine rings is 1. The van der Waals surface area contributed by atoms with E-state index < -0.39 is 0 Å². The van der Waals surface area contributed by atoms with Crippen molar-refractivity contribution in [2.45, 2.75) is 6.54 Å². The lowest BCUT2D eigenvalue weighted by molar-refractivity contribution is 0.0984. The van der Waals surface area contributed by atoms with Gasteiger partial charge in [-0.15, -0.1) is 0 Å². The van der Waals surface area contributed by atoms with Crippen molar-refractivity contribution >= 4 is 23.2 Å². The highest BCUT2D eigenvalue weighted by Crippen LogP contribution is 2.21. The van der Waals surface area contributed by atoms with E-state index in [-0.39, 0.29) is 11.7 Å². The first kappa shape index (κ1) is 16.1. The molecule has 0 atom stereocenters. The number of aromatic nitrogens is 1. The number of halogens is 2. The van der Waals surface area contributed by atoms with Gasteiger partial charge in [0.15, 0.2) is 0 Å². The number of nitrogens with zero attached hydrogens (tertiary/aromatic N) is 2. The summed E-state index contributed by atoms with van der Waals surface area (Å²) in [6, 6.07) is 16.5. The summed E-state index contributed by atoms with van der Waals surface area (Å²) >= 11 is 5.91. The molecule has 0 aliphatic rings. The Morgan fingerprint density at radius 3 is 2.38 bits per heavy atom. The number of hydrogen-bond donors (Lipinski definition) is 0. The molecule has 0 saturated carbocycles. The molecule has 2 aromatic carbocycles. The molecule has 0 bridgehead atoms. The topological polar surface area (TPSA) is 33.2 Å². The van der Waals surface area contributed by atoms with Crippen molar-refractivity contribution in [1.82, 2.24) is 4.98 Å². The van der Waals surface area contributed by atoms with Crippen molar-refractivity contribution < 1.29 is 9.18 Å². The molecule has 0 spiro atoms. The van der Waals surface area contributed by atoms with Crippen LogP contribution in [0, 0.1) is 5.82 Å². The Morgan fingerprint density at radius 1 is 1.04 bits per heavy atom. The van der Waals surface area contributed by atoms with Crippen molar-refractivity contribution in [3.8, 4) is 0 Å². The Hall–Kier alpha value is -2.72. The van der Waals surface area contributed by atoms with Crippen LogP contribution in [0.4, 0.5) is 10.1 Å². The molecular weight excluding hydrogens is 327 g/mol. The lowest BCUT2D eigenvalue weighted by Crippen LogP contribution is -2.30. The molecule has 3 aromatic rings. The molecule has 0 aliphatic carbocycles. The Bertz CT molecular complexity index is 820. The largest absolute Gasteiger partial charge is 0.304 e. The highest BCUT2D eigenvalue weighted by Gasteiger charge is 2.18. The summed E-state index contributed by atoms with van der Waals surface area (Å²) < 4.78 is 13.2. The summed E-state index contributed by atoms with van der Waals surface area (Å²) in [5.41, 5.74) is 2.00. The van der Waals surface area contributed by atoms with Gasteiger partial charge in [0.1, 0.15) is 5.82 Å². The highest BCUT2D eigenvalue weighted by atomic mass is 35.5. The third-order valence-corrected chi connectivity index (χ3v) is 3.80. The summed E-state index contributed by atoms with van der Waals surface area (Å²) in [7, 11) is 0. The van der Waals surface area contributed by atoms with Gasteiger partial charge in [-0.25, -0.2) is 4.39 Å². The minimum Gasteiger partial charge on any atom is -0.304 e. The Labute approximate surface area is 144 Å². The van der Waals surface area contributed by atoms with E-state index in [0.717, 1.165) is 5.56 Å². The average Bonchev–Trinajstić information content (AvgIpc) is 2.62. The van der Waals surface area contributed by atoms with Crippen molar-refractivity contribution in [2.24, 2.45) is 0 Å². The number of hydrogen-bond acceptors (Lipinski definition) is 2. The molecule has 1 amide bonds. The first-order valence-corrected chi connectivity index (χ1v) is 7.73. The van der Waals surface area contributed by atoms with E-state index in [1.54, 1.807) is 47.5 Å². The SMILES string of the molecule is O=C(c1cccnc1)N(Cc1ccc(Cl)cc1)c1ccc(F)cc1. The first-order chi connectivity index (χ1) is 11.6. The quantitative estimate of drug-likeness (QED) is 0.688. The lowest BCUT2D eigenvalue weighted by Gasteiger charge is -2.23. The molecule has 0 radical (unpaired) electrons. The maximum Gasteiger partial charge on any atom is 0.260 e. The molecule has 5 heteroatoms. The predicted molar refractivity (Wildman–Crippen MR) is 92.6 cm³/mol. The maximum atomic E-state index is 13.2. The van der Waals surface area contributed by atoms with Crippen LogP contribution < -0.4 is 4.90 Å². The first-order valence-electron chi connectivity index (χ1n) is 7.35. The van der Waals surface area contributed by atoms with Crippen LogP contribution in [0.5, 0.6) is 0 Å². The van der Waals surface area contributed by atoms with E-state index in [9.17, 15) is 9.18 Å². The van der Waals surface area contributed by atoms with Gasteiger partial charge < -0.3 is 4.90 Å². The fraction of sp³-hybridized carbons (Fsp3) is 0.0526. The van der Waals surface area contributed by atoms with E-state index in [1.165, 1.54) is 18.3 Å². The third kappa shape index (κ3) is 3.78. The normalized spacial score (nSPS) is 10.4. The third-order valence-electron chi connectivity index (χ3n) is 3.55. The Morgan fingerprint density at radius 2 is 1.75 bits per heavy atom. The highest BCUT2D eigenvalue weighted by molar-refractivity contribution is 6.30. The van der Waals surface area contributed by atoms with Crippen molar-refractivity contribution in [2.75, 3.05) is 4.90 Å². The molecule has 0 saturated heterocycles. The molecule has 0 fully saturated rings. The van der Waals surface area contributed by atoms with Gasteiger partial charge in [-0.2, -0.15) is 0 Å². The smallest absolute Gasteiger partial charge is 0.260 e. The molecule has 24 heavy (non-hydrogen) atoms. The summed E-state index contributed by atoms with van der Waals surface area (Å²) in [5.74, 6) is -0.552. The number of carbonyl (C=O) groups is 1. The number of amides is 1. The zero-order valence-corrected chi connectivity index (χ0v) is 13.4. The van der Waals surface area contributed by atoms with E-state index in [1.807, 2.05) is 12.1 Å². The van der Waals surface area contributed by atoms with Gasteiger partial charge in [-0.1, -0.05) is 23.7 Å². The monoisotopic (exact) mass is 340 g/mol. The Balaban J connectivity index is 1.95. The average molecular weight is 341 g/mol. The van der Waals surface area contributed by atoms with Crippen LogP contribution >= 0.6 is 11.6 Å². The predicted octanol–water partition coefficient (Wildman–Crippen LogP) is 4.72. The minimum absolute atomic E-state index is 0.204. The number of benzene rings is 2. The number of rotatable bonds is 4. The Kier molecular flexibility index (Phi) is 4.87. The van der Waals surface area contributed by atoms with Crippen molar-refractivity contribution in [3.05, 3.63) is 95.0 Å². The van der Waals surface area contributed by atoms with Crippen LogP contribution in [0.3, 0.4) is 0 Å². The standard InChI is InChI=1S/C19H14ClFN2O/c20-16-5-3-14(4-6-16)13-23(18-9-7-17(21)8-10-18)19(24)15-2-1-11-22-12-15/h1-12H,13H2. The zero-order valence-electron chi connectivity index (χ0n) is 12.7. The van der Waals surface area contributed by atoms with Crippen LogP contribution in [-0.4, -0.2) is 10.9 Å². The van der Waals surface area contributed by atoms with E-state index in [2.05, 4.69) is 4.98 Å². The van der Waals surface area contributed by atoms with Crippen LogP contribution in [0.15, 0.2) is 73.1 Å². The van der Waals surface area contributed by atoms with Crippen LogP contribution in [0.2, 0.25) is 5.02 Å². The van der Waals surface area contributed by atoms with Crippen LogP contribution in [0.1, 0.15) is 15.9 Å². The molecule has 1 heterocycles. The van der Waals surface area contributed by atoms with Gasteiger partial charge in [-0.3, -0.25) is 9.78 Å². The molecular formula is C19H14ClFN2O. The van der Waals surface area contributed by atoms with Gasteiger partial charge in [0.05, 0.1) is 12.1 Å². The van der Waals surface area contributed by atoms with Crippen molar-refractivity contribution in [3.63, 3.8) is 0 Å². The zero-order chi connectivity index (χ0) is 16.9. The molecule has 0 unspecified atom stereocenters. The molecule has 0 aliphatic heterocycles. The summed E-state index contributed by atoms with van der Waals surface area (Å²) in [5, 5.41) is 0.630. The maximum absolute atomic E-state index is 13.2. The minimum atomic E-state index is -0.348. The van der Waals surface area contributed by atoms with Gasteiger partial charge in [0, 0.05) is 23.1 Å². The van der Waals surface area contributed by atoms with Crippen molar-refractivity contribution in [1.29, 1.82) is 0 Å². The number of anilines is 1. The second-order valence-electron chi connectivity index (χ2n) is 5.24. The van der Waals surface area contributed by atoms with Crippen LogP contribution in [-0.2, 0) is 6.54 Å². The van der Waals surface area contributed by atoms with Gasteiger partial charge in [0.25, 0.3) is 5.91 Å². The molecule has 0 N–H and O–H groups in total. The second-order valence-corrected chi connectivity index (χ2v) is 5.67. The molecule has 3 rings (SSSR count). The summed E-state index contributed by atoms with van der Waals surface area (Å²) in [6.07, 6.45) is 3.12. The summed E-state index contributed by atoms with van der Waals surface area (Å²) in [4.78, 5) is 18.4. The summed E-state index contributed by atoms with van der Waals surface area (Å²) in [6.45, 7) is 0.344. The number of carbonyl (C=O) groups excluding carboxylic acids is 1. The van der Waals surface area contributed by atoms with Gasteiger partial charge in [-0.05, 0) is 54.1 Å². The fourth-order valence-corrected chi connectivity index (χ4v) is 2.44. The van der Waals surface area contributed by atoms with Gasteiger partial charge >= 0.3 is 0 Å². The lowest BCUT2D eigenvalue weighted by atomic mass is 10.1. The van der Waals surface area contributed by atoms with Gasteiger partial charge in [0.2, 0.25) is 0 Å². The fourth-order valence-electron chi connectivity index (χ4n) is 2.32. The molecule has 1 aromatic heterocycles.